The molecule has 0 aliphatic carbocycles. The number of aliphatic hydroxyl groups is 1. The van der Waals surface area contributed by atoms with E-state index in [1.165, 1.54) is 4.90 Å². The predicted octanol–water partition coefficient (Wildman–Crippen LogP) is 1.15. The number of rotatable bonds is 5. The molecule has 1 rings (SSSR count). The number of hydrogen-bond donors (Lipinski definition) is 3. The van der Waals surface area contributed by atoms with Crippen LogP contribution in [0.1, 0.15) is 23.7 Å². The number of aliphatic hydroxyl groups excluding tert-OH is 1. The van der Waals surface area contributed by atoms with Crippen molar-refractivity contribution < 1.29 is 9.90 Å². The lowest BCUT2D eigenvalue weighted by molar-refractivity contribution is 0.0827. The molecule has 0 aliphatic rings. The Labute approximate surface area is 108 Å². The zero-order valence-electron chi connectivity index (χ0n) is 11.1. The van der Waals surface area contributed by atoms with Crippen molar-refractivity contribution in [3.63, 3.8) is 0 Å². The number of nitrogen functional groups attached to an aromatic ring is 1. The Morgan fingerprint density at radius 1 is 1.50 bits per heavy atom. The molecule has 5 heteroatoms. The van der Waals surface area contributed by atoms with Gasteiger partial charge in [-0.1, -0.05) is 6.92 Å². The molecule has 0 fully saturated rings. The number of nitrogens with zero attached hydrogens (tertiary/aromatic N) is 1. The highest BCUT2D eigenvalue weighted by Crippen LogP contribution is 2.22. The summed E-state index contributed by atoms with van der Waals surface area (Å²) in [7, 11) is 3.41. The monoisotopic (exact) mass is 251 g/mol. The SMILES string of the molecule is CCC(CO)Nc1cc(C(=O)N(C)C)ccc1N. The van der Waals surface area contributed by atoms with E-state index in [9.17, 15) is 4.79 Å². The number of carbonyl (C=O) groups is 1. The van der Waals surface area contributed by atoms with Crippen LogP contribution >= 0.6 is 0 Å². The Balaban J connectivity index is 2.97. The summed E-state index contributed by atoms with van der Waals surface area (Å²) < 4.78 is 0. The molecule has 1 unspecified atom stereocenters. The first-order chi connectivity index (χ1) is 8.49. The number of anilines is 2. The van der Waals surface area contributed by atoms with Gasteiger partial charge in [0.1, 0.15) is 0 Å². The van der Waals surface area contributed by atoms with Crippen molar-refractivity contribution in [1.82, 2.24) is 4.90 Å². The Hall–Kier alpha value is -1.75. The molecule has 0 spiro atoms. The third-order valence-corrected chi connectivity index (χ3v) is 2.78. The highest BCUT2D eigenvalue weighted by Gasteiger charge is 2.12. The highest BCUT2D eigenvalue weighted by molar-refractivity contribution is 5.95. The minimum atomic E-state index is -0.0740. The summed E-state index contributed by atoms with van der Waals surface area (Å²) >= 11 is 0. The van der Waals surface area contributed by atoms with Crippen LogP contribution in [-0.2, 0) is 0 Å². The van der Waals surface area contributed by atoms with Crippen molar-refractivity contribution in [1.29, 1.82) is 0 Å². The minimum absolute atomic E-state index is 0.0296. The van der Waals surface area contributed by atoms with Crippen molar-refractivity contribution in [2.24, 2.45) is 0 Å². The molecule has 1 aromatic carbocycles. The topological polar surface area (TPSA) is 78.6 Å². The van der Waals surface area contributed by atoms with E-state index in [0.717, 1.165) is 6.42 Å². The standard InChI is InChI=1S/C13H21N3O2/c1-4-10(8-17)15-12-7-9(5-6-11(12)14)13(18)16(2)3/h5-7,10,15,17H,4,8,14H2,1-3H3. The molecule has 18 heavy (non-hydrogen) atoms. The molecule has 4 N–H and O–H groups in total. The molecule has 0 heterocycles. The van der Waals surface area contributed by atoms with Crippen LogP contribution in [-0.4, -0.2) is 42.7 Å². The third-order valence-electron chi connectivity index (χ3n) is 2.78. The van der Waals surface area contributed by atoms with Crippen LogP contribution in [0.3, 0.4) is 0 Å². The van der Waals surface area contributed by atoms with Gasteiger partial charge in [0.25, 0.3) is 5.91 Å². The van der Waals surface area contributed by atoms with Crippen molar-refractivity contribution in [2.45, 2.75) is 19.4 Å². The van der Waals surface area contributed by atoms with Gasteiger partial charge in [-0.15, -0.1) is 0 Å². The zero-order chi connectivity index (χ0) is 13.7. The Morgan fingerprint density at radius 3 is 2.67 bits per heavy atom. The fourth-order valence-corrected chi connectivity index (χ4v) is 1.57. The molecule has 0 bridgehead atoms. The highest BCUT2D eigenvalue weighted by atomic mass is 16.3. The first-order valence-electron chi connectivity index (χ1n) is 5.98. The number of nitrogens with two attached hydrogens (primary N) is 1. The molecule has 1 aromatic rings. The maximum Gasteiger partial charge on any atom is 0.253 e. The lowest BCUT2D eigenvalue weighted by atomic mass is 10.1. The van der Waals surface area contributed by atoms with Crippen LogP contribution in [0.5, 0.6) is 0 Å². The van der Waals surface area contributed by atoms with Crippen LogP contribution in [0.15, 0.2) is 18.2 Å². The second kappa shape index (κ2) is 6.26. The molecule has 100 valence electrons. The van der Waals surface area contributed by atoms with E-state index in [-0.39, 0.29) is 18.6 Å². The number of hydrogen-bond acceptors (Lipinski definition) is 4. The Bertz CT molecular complexity index is 415. The summed E-state index contributed by atoms with van der Waals surface area (Å²) in [6.07, 6.45) is 0.780. The van der Waals surface area contributed by atoms with E-state index < -0.39 is 0 Å². The van der Waals surface area contributed by atoms with Crippen molar-refractivity contribution >= 4 is 17.3 Å². The Kier molecular flexibility index (Phi) is 4.97. The van der Waals surface area contributed by atoms with Gasteiger partial charge in [0.05, 0.1) is 18.0 Å². The smallest absolute Gasteiger partial charge is 0.253 e. The first kappa shape index (κ1) is 14.3. The van der Waals surface area contributed by atoms with Gasteiger partial charge in [0.2, 0.25) is 0 Å². The van der Waals surface area contributed by atoms with Gasteiger partial charge >= 0.3 is 0 Å². The molecular formula is C13H21N3O2. The van der Waals surface area contributed by atoms with Gasteiger partial charge in [-0.05, 0) is 24.6 Å². The van der Waals surface area contributed by atoms with E-state index in [0.29, 0.717) is 16.9 Å². The van der Waals surface area contributed by atoms with Gasteiger partial charge in [-0.25, -0.2) is 0 Å². The van der Waals surface area contributed by atoms with Crippen molar-refractivity contribution in [3.05, 3.63) is 23.8 Å². The second-order valence-corrected chi connectivity index (χ2v) is 4.43. The van der Waals surface area contributed by atoms with Crippen molar-refractivity contribution in [2.75, 3.05) is 31.8 Å². The van der Waals surface area contributed by atoms with Crippen LogP contribution in [0.4, 0.5) is 11.4 Å². The number of nitrogens with one attached hydrogen (secondary N) is 1. The summed E-state index contributed by atoms with van der Waals surface area (Å²) in [6.45, 7) is 2.00. The first-order valence-corrected chi connectivity index (χ1v) is 5.98. The molecule has 0 saturated carbocycles. The molecule has 1 amide bonds. The van der Waals surface area contributed by atoms with E-state index >= 15 is 0 Å². The third kappa shape index (κ3) is 3.37. The summed E-state index contributed by atoms with van der Waals surface area (Å²) in [4.78, 5) is 13.4. The van der Waals surface area contributed by atoms with Gasteiger partial charge < -0.3 is 21.1 Å². The van der Waals surface area contributed by atoms with Crippen LogP contribution < -0.4 is 11.1 Å². The maximum atomic E-state index is 11.8. The van der Waals surface area contributed by atoms with Crippen molar-refractivity contribution in [3.8, 4) is 0 Å². The largest absolute Gasteiger partial charge is 0.397 e. The number of benzene rings is 1. The average Bonchev–Trinajstić information content (AvgIpc) is 2.36. The summed E-state index contributed by atoms with van der Waals surface area (Å²) in [5.41, 5.74) is 7.68. The normalized spacial score (nSPS) is 12.0. The predicted molar refractivity (Wildman–Crippen MR) is 73.7 cm³/mol. The second-order valence-electron chi connectivity index (χ2n) is 4.43. The van der Waals surface area contributed by atoms with E-state index in [1.807, 2.05) is 6.92 Å². The lowest BCUT2D eigenvalue weighted by Gasteiger charge is -2.18. The molecule has 5 nitrogen and oxygen atoms in total. The van der Waals surface area contributed by atoms with Gasteiger partial charge in [0.15, 0.2) is 0 Å². The Morgan fingerprint density at radius 2 is 2.17 bits per heavy atom. The van der Waals surface area contributed by atoms with Crippen LogP contribution in [0, 0.1) is 0 Å². The lowest BCUT2D eigenvalue weighted by Crippen LogP contribution is -2.24. The molecule has 0 aromatic heterocycles. The zero-order valence-corrected chi connectivity index (χ0v) is 11.1. The van der Waals surface area contributed by atoms with Gasteiger partial charge in [-0.2, -0.15) is 0 Å². The van der Waals surface area contributed by atoms with E-state index in [2.05, 4.69) is 5.32 Å². The molecular weight excluding hydrogens is 230 g/mol. The fourth-order valence-electron chi connectivity index (χ4n) is 1.57. The van der Waals surface area contributed by atoms with Crippen LogP contribution in [0.2, 0.25) is 0 Å². The molecule has 0 aliphatic heterocycles. The fraction of sp³-hybridized carbons (Fsp3) is 0.462. The molecule has 0 radical (unpaired) electrons. The molecule has 0 saturated heterocycles. The number of amides is 1. The number of carbonyl (C=O) groups excluding carboxylic acids is 1. The molecule has 1 atom stereocenters. The quantitative estimate of drug-likeness (QED) is 0.686. The van der Waals surface area contributed by atoms with Gasteiger partial charge in [-0.3, -0.25) is 4.79 Å². The van der Waals surface area contributed by atoms with E-state index in [1.54, 1.807) is 32.3 Å². The summed E-state index contributed by atoms with van der Waals surface area (Å²) in [5, 5.41) is 12.3. The van der Waals surface area contributed by atoms with Gasteiger partial charge in [0, 0.05) is 25.7 Å². The average molecular weight is 251 g/mol. The summed E-state index contributed by atoms with van der Waals surface area (Å²) in [5.74, 6) is -0.0740. The summed E-state index contributed by atoms with van der Waals surface area (Å²) in [6, 6.07) is 5.05. The maximum absolute atomic E-state index is 11.8. The minimum Gasteiger partial charge on any atom is -0.397 e. The van der Waals surface area contributed by atoms with Crippen LogP contribution in [0.25, 0.3) is 0 Å². The van der Waals surface area contributed by atoms with E-state index in [4.69, 9.17) is 10.8 Å².